The number of nitrogens with one attached hydrogen (secondary N) is 3. The Labute approximate surface area is 122 Å². The van der Waals surface area contributed by atoms with Crippen molar-refractivity contribution in [2.75, 3.05) is 6.54 Å². The first-order valence-electron chi connectivity index (χ1n) is 6.73. The van der Waals surface area contributed by atoms with Crippen molar-refractivity contribution in [1.82, 2.24) is 20.8 Å². The predicted octanol–water partition coefficient (Wildman–Crippen LogP) is 2.77. The van der Waals surface area contributed by atoms with E-state index in [0.29, 0.717) is 6.54 Å². The van der Waals surface area contributed by atoms with Crippen LogP contribution in [0.4, 0.5) is 4.79 Å². The maximum Gasteiger partial charge on any atom is 0.315 e. The highest BCUT2D eigenvalue weighted by molar-refractivity contribution is 7.10. The van der Waals surface area contributed by atoms with Crippen molar-refractivity contribution in [1.29, 1.82) is 0 Å². The van der Waals surface area contributed by atoms with E-state index >= 15 is 0 Å². The van der Waals surface area contributed by atoms with Gasteiger partial charge in [-0.05, 0) is 43.7 Å². The standard InChI is InChI=1S/C14H20N4OS/c1-10-12(9-16-18-10)5-3-7-15-14(19)17-11(2)13-6-4-8-20-13/h4,6,8-9,11H,3,5,7H2,1-2H3,(H,16,18)(H2,15,17,19)/t11-/m1/s1. The Hall–Kier alpha value is -1.82. The molecule has 20 heavy (non-hydrogen) atoms. The lowest BCUT2D eigenvalue weighted by molar-refractivity contribution is 0.238. The summed E-state index contributed by atoms with van der Waals surface area (Å²) in [7, 11) is 0. The summed E-state index contributed by atoms with van der Waals surface area (Å²) in [6.45, 7) is 4.65. The highest BCUT2D eigenvalue weighted by atomic mass is 32.1. The average molecular weight is 292 g/mol. The van der Waals surface area contributed by atoms with Crippen molar-refractivity contribution < 1.29 is 4.79 Å². The number of H-pyrrole nitrogens is 1. The molecular formula is C14H20N4OS. The normalized spacial score (nSPS) is 12.1. The molecule has 2 amide bonds. The first kappa shape index (κ1) is 14.6. The second-order valence-electron chi connectivity index (χ2n) is 4.76. The van der Waals surface area contributed by atoms with Crippen LogP contribution in [0.25, 0.3) is 0 Å². The van der Waals surface area contributed by atoms with E-state index in [0.717, 1.165) is 23.4 Å². The lowest BCUT2D eigenvalue weighted by Gasteiger charge is -2.13. The van der Waals surface area contributed by atoms with E-state index in [1.165, 1.54) is 5.56 Å². The number of aromatic nitrogens is 2. The van der Waals surface area contributed by atoms with Crippen LogP contribution in [-0.2, 0) is 6.42 Å². The van der Waals surface area contributed by atoms with E-state index in [2.05, 4.69) is 20.8 Å². The molecule has 108 valence electrons. The summed E-state index contributed by atoms with van der Waals surface area (Å²) in [5, 5.41) is 14.7. The van der Waals surface area contributed by atoms with Crippen LogP contribution in [0.2, 0.25) is 0 Å². The second-order valence-corrected chi connectivity index (χ2v) is 5.74. The van der Waals surface area contributed by atoms with E-state index < -0.39 is 0 Å². The third-order valence-corrected chi connectivity index (χ3v) is 4.22. The summed E-state index contributed by atoms with van der Waals surface area (Å²) in [6, 6.07) is 3.95. The van der Waals surface area contributed by atoms with Gasteiger partial charge in [-0.3, -0.25) is 5.10 Å². The highest BCUT2D eigenvalue weighted by Gasteiger charge is 2.09. The second kappa shape index (κ2) is 7.09. The molecular weight excluding hydrogens is 272 g/mol. The monoisotopic (exact) mass is 292 g/mol. The molecule has 0 saturated carbocycles. The highest BCUT2D eigenvalue weighted by Crippen LogP contribution is 2.17. The zero-order valence-electron chi connectivity index (χ0n) is 11.8. The van der Waals surface area contributed by atoms with E-state index in [1.54, 1.807) is 11.3 Å². The summed E-state index contributed by atoms with van der Waals surface area (Å²) in [6.07, 6.45) is 3.67. The number of amides is 2. The number of thiophene rings is 1. The van der Waals surface area contributed by atoms with Crippen LogP contribution in [-0.4, -0.2) is 22.8 Å². The number of aromatic amines is 1. The third kappa shape index (κ3) is 4.09. The van der Waals surface area contributed by atoms with Gasteiger partial charge in [0, 0.05) is 17.1 Å². The molecule has 0 bridgehead atoms. The Morgan fingerprint density at radius 1 is 1.55 bits per heavy atom. The van der Waals surface area contributed by atoms with Crippen molar-refractivity contribution in [3.63, 3.8) is 0 Å². The minimum absolute atomic E-state index is 0.0473. The third-order valence-electron chi connectivity index (χ3n) is 3.16. The Kier molecular flexibility index (Phi) is 5.17. The van der Waals surface area contributed by atoms with Gasteiger partial charge in [0.05, 0.1) is 12.2 Å². The van der Waals surface area contributed by atoms with E-state index in [4.69, 9.17) is 0 Å². The number of hydrogen-bond donors (Lipinski definition) is 3. The molecule has 1 atom stereocenters. The van der Waals surface area contributed by atoms with E-state index in [-0.39, 0.29) is 12.1 Å². The molecule has 0 aliphatic carbocycles. The summed E-state index contributed by atoms with van der Waals surface area (Å²) in [5.41, 5.74) is 2.31. The van der Waals surface area contributed by atoms with Crippen LogP contribution >= 0.6 is 11.3 Å². The Bertz CT molecular complexity index is 535. The van der Waals surface area contributed by atoms with Crippen molar-refractivity contribution in [3.05, 3.63) is 39.8 Å². The molecule has 0 saturated heterocycles. The molecule has 0 radical (unpaired) electrons. The van der Waals surface area contributed by atoms with Crippen LogP contribution in [0.3, 0.4) is 0 Å². The molecule has 0 aliphatic heterocycles. The van der Waals surface area contributed by atoms with Gasteiger partial charge in [0.25, 0.3) is 0 Å². The molecule has 2 heterocycles. The maximum atomic E-state index is 11.7. The summed E-state index contributed by atoms with van der Waals surface area (Å²) < 4.78 is 0. The fourth-order valence-corrected chi connectivity index (χ4v) is 2.70. The molecule has 3 N–H and O–H groups in total. The first-order valence-corrected chi connectivity index (χ1v) is 7.61. The molecule has 0 unspecified atom stereocenters. The largest absolute Gasteiger partial charge is 0.338 e. The van der Waals surface area contributed by atoms with E-state index in [1.807, 2.05) is 37.6 Å². The quantitative estimate of drug-likeness (QED) is 0.717. The number of rotatable bonds is 6. The Morgan fingerprint density at radius 2 is 2.40 bits per heavy atom. The number of carbonyl (C=O) groups excluding carboxylic acids is 1. The molecule has 2 rings (SSSR count). The molecule has 0 aliphatic rings. The van der Waals surface area contributed by atoms with Crippen LogP contribution in [0, 0.1) is 6.92 Å². The molecule has 6 heteroatoms. The van der Waals surface area contributed by atoms with Gasteiger partial charge in [0.1, 0.15) is 0 Å². The maximum absolute atomic E-state index is 11.7. The van der Waals surface area contributed by atoms with Gasteiger partial charge < -0.3 is 10.6 Å². The molecule has 2 aromatic heterocycles. The number of carbonyl (C=O) groups is 1. The Morgan fingerprint density at radius 3 is 3.05 bits per heavy atom. The summed E-state index contributed by atoms with van der Waals surface area (Å²) >= 11 is 1.65. The van der Waals surface area contributed by atoms with Crippen LogP contribution in [0.1, 0.15) is 35.5 Å². The zero-order chi connectivity index (χ0) is 14.4. The van der Waals surface area contributed by atoms with Gasteiger partial charge in [0.2, 0.25) is 0 Å². The van der Waals surface area contributed by atoms with Crippen molar-refractivity contribution >= 4 is 17.4 Å². The van der Waals surface area contributed by atoms with Gasteiger partial charge >= 0.3 is 6.03 Å². The molecule has 0 fully saturated rings. The average Bonchev–Trinajstić information content (AvgIpc) is 3.06. The van der Waals surface area contributed by atoms with Crippen molar-refractivity contribution in [2.45, 2.75) is 32.7 Å². The van der Waals surface area contributed by atoms with Crippen LogP contribution in [0.15, 0.2) is 23.7 Å². The van der Waals surface area contributed by atoms with Gasteiger partial charge in [-0.15, -0.1) is 11.3 Å². The van der Waals surface area contributed by atoms with Crippen molar-refractivity contribution in [3.8, 4) is 0 Å². The number of aryl methyl sites for hydroxylation is 2. The molecule has 0 aromatic carbocycles. The lowest BCUT2D eigenvalue weighted by Crippen LogP contribution is -2.37. The summed E-state index contributed by atoms with van der Waals surface area (Å²) in [4.78, 5) is 12.9. The molecule has 2 aromatic rings. The lowest BCUT2D eigenvalue weighted by atomic mass is 10.1. The smallest absolute Gasteiger partial charge is 0.315 e. The van der Waals surface area contributed by atoms with Crippen LogP contribution < -0.4 is 10.6 Å². The number of nitrogens with zero attached hydrogens (tertiary/aromatic N) is 1. The number of urea groups is 1. The SMILES string of the molecule is Cc1[nH]ncc1CCCNC(=O)N[C@H](C)c1cccs1. The summed E-state index contributed by atoms with van der Waals surface area (Å²) in [5.74, 6) is 0. The van der Waals surface area contributed by atoms with E-state index in [9.17, 15) is 4.79 Å². The fraction of sp³-hybridized carbons (Fsp3) is 0.429. The van der Waals surface area contributed by atoms with Gasteiger partial charge in [-0.1, -0.05) is 6.07 Å². The van der Waals surface area contributed by atoms with Gasteiger partial charge in [-0.2, -0.15) is 5.10 Å². The minimum atomic E-state index is -0.116. The Balaban J connectivity index is 1.64. The van der Waals surface area contributed by atoms with Gasteiger partial charge in [0.15, 0.2) is 0 Å². The first-order chi connectivity index (χ1) is 9.66. The molecule has 5 nitrogen and oxygen atoms in total. The fourth-order valence-electron chi connectivity index (χ4n) is 1.96. The topological polar surface area (TPSA) is 69.8 Å². The number of hydrogen-bond acceptors (Lipinski definition) is 3. The van der Waals surface area contributed by atoms with Gasteiger partial charge in [-0.25, -0.2) is 4.79 Å². The molecule has 0 spiro atoms. The predicted molar refractivity (Wildman–Crippen MR) is 80.9 cm³/mol. The van der Waals surface area contributed by atoms with Crippen LogP contribution in [0.5, 0.6) is 0 Å². The zero-order valence-corrected chi connectivity index (χ0v) is 12.6. The van der Waals surface area contributed by atoms with Crippen molar-refractivity contribution in [2.24, 2.45) is 0 Å². The minimum Gasteiger partial charge on any atom is -0.338 e.